The summed E-state index contributed by atoms with van der Waals surface area (Å²) in [6, 6.07) is 5.67. The van der Waals surface area contributed by atoms with Crippen molar-refractivity contribution in [1.29, 1.82) is 0 Å². The van der Waals surface area contributed by atoms with Gasteiger partial charge < -0.3 is 14.4 Å². The summed E-state index contributed by atoms with van der Waals surface area (Å²) in [5, 5.41) is 18.3. The van der Waals surface area contributed by atoms with E-state index in [1.807, 2.05) is 25.1 Å². The first-order chi connectivity index (χ1) is 9.65. The Kier molecular flexibility index (Phi) is 3.63. The largest absolute Gasteiger partial charge is 0.421 e. The van der Waals surface area contributed by atoms with E-state index in [9.17, 15) is 5.11 Å². The van der Waals surface area contributed by atoms with Gasteiger partial charge in [-0.1, -0.05) is 18.5 Å². The highest BCUT2D eigenvalue weighted by Gasteiger charge is 2.21. The van der Waals surface area contributed by atoms with Crippen LogP contribution >= 0.6 is 11.6 Å². The van der Waals surface area contributed by atoms with Crippen LogP contribution in [0.25, 0.3) is 11.5 Å². The molecule has 1 unspecified atom stereocenters. The predicted molar refractivity (Wildman–Crippen MR) is 77.0 cm³/mol. The molecule has 1 aromatic carbocycles. The van der Waals surface area contributed by atoms with E-state index >= 15 is 0 Å². The Morgan fingerprint density at radius 3 is 2.90 bits per heavy atom. The van der Waals surface area contributed by atoms with Gasteiger partial charge in [0.2, 0.25) is 11.8 Å². The summed E-state index contributed by atoms with van der Waals surface area (Å²) in [5.41, 5.74) is 1.78. The summed E-state index contributed by atoms with van der Waals surface area (Å²) in [5.74, 6) is 1.09. The lowest BCUT2D eigenvalue weighted by Crippen LogP contribution is -2.21. The van der Waals surface area contributed by atoms with E-state index in [0.29, 0.717) is 29.8 Å². The fourth-order valence-corrected chi connectivity index (χ4v) is 2.60. The molecule has 0 aliphatic carbocycles. The fraction of sp³-hybridized carbons (Fsp3) is 0.429. The number of aliphatic hydroxyl groups is 1. The first-order valence-corrected chi connectivity index (χ1v) is 7.10. The van der Waals surface area contributed by atoms with Crippen molar-refractivity contribution in [2.24, 2.45) is 0 Å². The van der Waals surface area contributed by atoms with E-state index in [4.69, 9.17) is 16.0 Å². The van der Waals surface area contributed by atoms with E-state index in [0.717, 1.165) is 24.2 Å². The maximum absolute atomic E-state index is 9.64. The Morgan fingerprint density at radius 1 is 1.40 bits per heavy atom. The number of halogens is 1. The molecule has 0 bridgehead atoms. The number of nitrogens with zero attached hydrogens (tertiary/aromatic N) is 3. The minimum absolute atomic E-state index is 0.271. The van der Waals surface area contributed by atoms with Gasteiger partial charge in [-0.15, -0.1) is 10.2 Å². The van der Waals surface area contributed by atoms with Crippen molar-refractivity contribution in [2.75, 3.05) is 18.0 Å². The summed E-state index contributed by atoms with van der Waals surface area (Å²) >= 11 is 6.18. The van der Waals surface area contributed by atoms with Gasteiger partial charge in [0, 0.05) is 35.8 Å². The predicted octanol–water partition coefficient (Wildman–Crippen LogP) is 2.52. The van der Waals surface area contributed by atoms with E-state index in [1.165, 1.54) is 0 Å². The van der Waals surface area contributed by atoms with E-state index < -0.39 is 0 Å². The van der Waals surface area contributed by atoms with Gasteiger partial charge in [0.25, 0.3) is 0 Å². The molecule has 20 heavy (non-hydrogen) atoms. The average Bonchev–Trinajstić information content (AvgIpc) is 3.06. The molecule has 1 aromatic heterocycles. The minimum Gasteiger partial charge on any atom is -0.421 e. The maximum atomic E-state index is 9.64. The van der Waals surface area contributed by atoms with E-state index in [2.05, 4.69) is 15.1 Å². The molecule has 1 aliphatic heterocycles. The zero-order chi connectivity index (χ0) is 14.1. The smallest absolute Gasteiger partial charge is 0.247 e. The van der Waals surface area contributed by atoms with Crippen LogP contribution in [0.1, 0.15) is 19.2 Å². The summed E-state index contributed by atoms with van der Waals surface area (Å²) in [7, 11) is 0. The zero-order valence-electron chi connectivity index (χ0n) is 11.2. The molecule has 2 heterocycles. The lowest BCUT2D eigenvalue weighted by molar-refractivity contribution is 0.198. The number of rotatable bonds is 3. The van der Waals surface area contributed by atoms with Crippen molar-refractivity contribution in [1.82, 2.24) is 10.2 Å². The van der Waals surface area contributed by atoms with Crippen molar-refractivity contribution in [3.63, 3.8) is 0 Å². The van der Waals surface area contributed by atoms with Gasteiger partial charge >= 0.3 is 0 Å². The number of hydrogen-bond acceptors (Lipinski definition) is 5. The van der Waals surface area contributed by atoms with Crippen LogP contribution in [-0.4, -0.2) is 34.5 Å². The highest BCUT2D eigenvalue weighted by molar-refractivity contribution is 6.31. The second kappa shape index (κ2) is 5.42. The highest BCUT2D eigenvalue weighted by atomic mass is 35.5. The van der Waals surface area contributed by atoms with Crippen LogP contribution in [0.15, 0.2) is 22.6 Å². The van der Waals surface area contributed by atoms with Crippen molar-refractivity contribution in [2.45, 2.75) is 25.9 Å². The molecule has 1 aliphatic rings. The number of anilines is 1. The quantitative estimate of drug-likeness (QED) is 0.942. The van der Waals surface area contributed by atoms with Crippen LogP contribution < -0.4 is 4.90 Å². The molecule has 1 saturated heterocycles. The molecule has 1 N–H and O–H groups in total. The van der Waals surface area contributed by atoms with Crippen molar-refractivity contribution in [3.8, 4) is 11.5 Å². The fourth-order valence-electron chi connectivity index (χ4n) is 2.37. The summed E-state index contributed by atoms with van der Waals surface area (Å²) in [6.07, 6.45) is 1.22. The van der Waals surface area contributed by atoms with Crippen molar-refractivity contribution in [3.05, 3.63) is 29.1 Å². The third-order valence-electron chi connectivity index (χ3n) is 3.43. The Balaban J connectivity index is 1.94. The monoisotopic (exact) mass is 293 g/mol. The van der Waals surface area contributed by atoms with Crippen LogP contribution in [-0.2, 0) is 6.42 Å². The molecule has 0 radical (unpaired) electrons. The molecule has 0 spiro atoms. The summed E-state index contributed by atoms with van der Waals surface area (Å²) in [6.45, 7) is 3.42. The Labute approximate surface area is 122 Å². The number of aliphatic hydroxyl groups excluding tert-OH is 1. The number of β-amino-alcohol motifs (C(OH)–C–C–N with tert-alkyl or cyclic N) is 1. The Hall–Kier alpha value is -1.59. The average molecular weight is 294 g/mol. The molecule has 6 heteroatoms. The maximum Gasteiger partial charge on any atom is 0.247 e. The summed E-state index contributed by atoms with van der Waals surface area (Å²) < 4.78 is 5.56. The van der Waals surface area contributed by atoms with Crippen LogP contribution in [0.2, 0.25) is 5.02 Å². The van der Waals surface area contributed by atoms with Crippen molar-refractivity contribution >= 4 is 17.3 Å². The van der Waals surface area contributed by atoms with Gasteiger partial charge in [-0.05, 0) is 24.6 Å². The summed E-state index contributed by atoms with van der Waals surface area (Å²) in [4.78, 5) is 2.11. The minimum atomic E-state index is -0.271. The second-order valence-electron chi connectivity index (χ2n) is 4.94. The second-order valence-corrected chi connectivity index (χ2v) is 5.38. The molecule has 2 aromatic rings. The molecule has 106 valence electrons. The molecule has 0 saturated carbocycles. The number of hydrogen-bond donors (Lipinski definition) is 1. The van der Waals surface area contributed by atoms with Gasteiger partial charge in [-0.3, -0.25) is 0 Å². The van der Waals surface area contributed by atoms with Crippen LogP contribution in [0.5, 0.6) is 0 Å². The number of aromatic nitrogens is 2. The SMILES string of the molecule is CCc1nnc(-c2cc(Cl)cc(N3CCC(O)C3)c2)o1. The zero-order valence-corrected chi connectivity index (χ0v) is 12.0. The van der Waals surface area contributed by atoms with Gasteiger partial charge in [0.15, 0.2) is 0 Å². The Bertz CT molecular complexity index is 614. The molecule has 3 rings (SSSR count). The normalized spacial score (nSPS) is 18.8. The molecule has 1 atom stereocenters. The molecular formula is C14H16ClN3O2. The molecular weight excluding hydrogens is 278 g/mol. The topological polar surface area (TPSA) is 62.4 Å². The standard InChI is InChI=1S/C14H16ClN3O2/c1-2-13-16-17-14(20-13)9-5-10(15)7-11(6-9)18-4-3-12(19)8-18/h5-7,12,19H,2-4,8H2,1H3. The van der Waals surface area contributed by atoms with E-state index in [1.54, 1.807) is 0 Å². The third-order valence-corrected chi connectivity index (χ3v) is 3.65. The van der Waals surface area contributed by atoms with Gasteiger partial charge in [-0.2, -0.15) is 0 Å². The van der Waals surface area contributed by atoms with Crippen molar-refractivity contribution < 1.29 is 9.52 Å². The van der Waals surface area contributed by atoms with E-state index in [-0.39, 0.29) is 6.10 Å². The number of aryl methyl sites for hydroxylation is 1. The lowest BCUT2D eigenvalue weighted by Gasteiger charge is -2.18. The molecule has 5 nitrogen and oxygen atoms in total. The molecule has 0 amide bonds. The van der Waals surface area contributed by atoms with Crippen LogP contribution in [0.3, 0.4) is 0 Å². The Morgan fingerprint density at radius 2 is 2.25 bits per heavy atom. The van der Waals surface area contributed by atoms with Gasteiger partial charge in [0.05, 0.1) is 6.10 Å². The van der Waals surface area contributed by atoms with Crippen LogP contribution in [0, 0.1) is 0 Å². The lowest BCUT2D eigenvalue weighted by atomic mass is 10.2. The number of benzene rings is 1. The first kappa shape index (κ1) is 13.4. The first-order valence-electron chi connectivity index (χ1n) is 6.72. The van der Waals surface area contributed by atoms with Gasteiger partial charge in [-0.25, -0.2) is 0 Å². The third kappa shape index (κ3) is 2.64. The van der Waals surface area contributed by atoms with Gasteiger partial charge in [0.1, 0.15) is 0 Å². The van der Waals surface area contributed by atoms with Crippen LogP contribution in [0.4, 0.5) is 5.69 Å². The highest BCUT2D eigenvalue weighted by Crippen LogP contribution is 2.30. The molecule has 1 fully saturated rings.